The molecule has 1 N–H and O–H groups in total. The lowest BCUT2D eigenvalue weighted by molar-refractivity contribution is -0.249. The van der Waals surface area contributed by atoms with Gasteiger partial charge in [-0.25, -0.2) is 0 Å². The molecule has 0 fully saturated rings. The van der Waals surface area contributed by atoms with Gasteiger partial charge in [0.05, 0.1) is 18.2 Å². The molecule has 0 aliphatic carbocycles. The van der Waals surface area contributed by atoms with Crippen molar-refractivity contribution in [2.24, 2.45) is 4.40 Å². The van der Waals surface area contributed by atoms with Gasteiger partial charge in [0, 0.05) is 11.1 Å². The minimum atomic E-state index is -4.44. The maximum atomic E-state index is 12.6. The number of nitrogens with zero attached hydrogens (tertiary/aromatic N) is 1. The average molecular weight is 440 g/mol. The Kier molecular flexibility index (Phi) is 7.46. The molecule has 2 aromatic rings. The number of halogens is 1. The summed E-state index contributed by atoms with van der Waals surface area (Å²) in [5.74, 6) is 0.0700. The van der Waals surface area contributed by atoms with E-state index in [0.717, 1.165) is 11.6 Å². The van der Waals surface area contributed by atoms with Crippen LogP contribution in [0.25, 0.3) is 0 Å². The second kappa shape index (κ2) is 9.62. The van der Waals surface area contributed by atoms with Crippen LogP contribution in [0.15, 0.2) is 51.8 Å². The van der Waals surface area contributed by atoms with Gasteiger partial charge in [-0.3, -0.25) is 4.79 Å². The highest BCUT2D eigenvalue weighted by Crippen LogP contribution is 2.27. The van der Waals surface area contributed by atoms with Gasteiger partial charge in [0.25, 0.3) is 15.9 Å². The molecular weight excluding hydrogens is 420 g/mol. The highest BCUT2D eigenvalue weighted by molar-refractivity contribution is 7.90. The Bertz CT molecular complexity index is 1020. The number of carbonyl (C=O) groups excluding carboxylic acids is 1. The smallest absolute Gasteiger partial charge is 0.285 e. The van der Waals surface area contributed by atoms with Crippen LogP contribution >= 0.6 is 11.6 Å². The maximum Gasteiger partial charge on any atom is 0.285 e. The first-order valence-corrected chi connectivity index (χ1v) is 10.4. The summed E-state index contributed by atoms with van der Waals surface area (Å²) in [4.78, 5) is 12.2. The van der Waals surface area contributed by atoms with Crippen LogP contribution in [0.2, 0.25) is 5.02 Å². The second-order valence-corrected chi connectivity index (χ2v) is 7.83. The number of hydrogen-bond donors (Lipinski definition) is 1. The molecule has 0 saturated carbocycles. The summed E-state index contributed by atoms with van der Waals surface area (Å²) in [5, 5.41) is 14.0. The fourth-order valence-electron chi connectivity index (χ4n) is 2.52. The van der Waals surface area contributed by atoms with Crippen LogP contribution in [-0.4, -0.2) is 34.1 Å². The predicted octanol–water partition coefficient (Wildman–Crippen LogP) is 2.28. The third kappa shape index (κ3) is 5.61. The lowest BCUT2D eigenvalue weighted by Crippen LogP contribution is -2.27. The summed E-state index contributed by atoms with van der Waals surface area (Å²) in [5.41, 5.74) is 0.788. The lowest BCUT2D eigenvalue weighted by Gasteiger charge is -2.17. The number of rotatable bonds is 7. The number of amides is 1. The quantitative estimate of drug-likeness (QED) is 0.522. The molecule has 2 rings (SSSR count). The van der Waals surface area contributed by atoms with Crippen molar-refractivity contribution < 1.29 is 27.8 Å². The molecule has 1 unspecified atom stereocenters. The topological polar surface area (TPSA) is 117 Å². The van der Waals surface area contributed by atoms with E-state index in [1.54, 1.807) is 25.1 Å². The van der Waals surface area contributed by atoms with Crippen LogP contribution in [0, 0.1) is 0 Å². The summed E-state index contributed by atoms with van der Waals surface area (Å²) in [6.45, 7) is 3.25. The normalized spacial score (nSPS) is 12.9. The van der Waals surface area contributed by atoms with Crippen LogP contribution in [0.3, 0.4) is 0 Å². The van der Waals surface area contributed by atoms with Crippen LogP contribution in [0.1, 0.15) is 35.8 Å². The SMILES string of the molecule is CCOC([O-])=NS(=O)(=O)c1cc(C(=O)NC(C)c2ccccc2OC)ccc1Cl. The molecule has 0 aliphatic heterocycles. The summed E-state index contributed by atoms with van der Waals surface area (Å²) in [6, 6.07) is 10.4. The van der Waals surface area contributed by atoms with E-state index in [1.807, 2.05) is 6.07 Å². The number of methoxy groups -OCH3 is 1. The molecule has 0 aromatic heterocycles. The first-order valence-electron chi connectivity index (χ1n) is 8.57. The highest BCUT2D eigenvalue weighted by atomic mass is 35.5. The number of ether oxygens (including phenoxy) is 2. The van der Waals surface area contributed by atoms with E-state index in [4.69, 9.17) is 16.3 Å². The zero-order valence-corrected chi connectivity index (χ0v) is 17.6. The first-order chi connectivity index (χ1) is 13.7. The summed E-state index contributed by atoms with van der Waals surface area (Å²) < 4.78 is 37.5. The lowest BCUT2D eigenvalue weighted by atomic mass is 10.1. The molecule has 8 nitrogen and oxygen atoms in total. The standard InChI is InChI=1S/C19H21ClN2O6S/c1-4-28-19(24)22-29(25,26)17-11-13(9-10-15(17)20)18(23)21-12(2)14-7-5-6-8-16(14)27-3/h5-12H,4H2,1-3H3,(H,21,23)(H,22,24)/p-1. The molecule has 0 saturated heterocycles. The largest absolute Gasteiger partial charge is 0.600 e. The van der Waals surface area contributed by atoms with Gasteiger partial charge in [-0.2, -0.15) is 8.42 Å². The number of hydrogen-bond acceptors (Lipinski definition) is 6. The van der Waals surface area contributed by atoms with Crippen molar-refractivity contribution in [2.75, 3.05) is 13.7 Å². The van der Waals surface area contributed by atoms with E-state index >= 15 is 0 Å². The van der Waals surface area contributed by atoms with Gasteiger partial charge in [0.15, 0.2) is 6.08 Å². The van der Waals surface area contributed by atoms with E-state index in [1.165, 1.54) is 26.2 Å². The third-order valence-electron chi connectivity index (χ3n) is 3.89. The van der Waals surface area contributed by atoms with Gasteiger partial charge in [-0.05, 0) is 37.8 Å². The van der Waals surface area contributed by atoms with Crippen LogP contribution in [0.5, 0.6) is 5.75 Å². The van der Waals surface area contributed by atoms with Gasteiger partial charge < -0.3 is 19.9 Å². The molecule has 2 aromatic carbocycles. The van der Waals surface area contributed by atoms with E-state index in [9.17, 15) is 18.3 Å². The van der Waals surface area contributed by atoms with Crippen molar-refractivity contribution in [3.05, 3.63) is 58.6 Å². The molecule has 0 radical (unpaired) electrons. The van der Waals surface area contributed by atoms with Crippen LogP contribution in [0.4, 0.5) is 0 Å². The van der Waals surface area contributed by atoms with Crippen molar-refractivity contribution in [1.29, 1.82) is 0 Å². The van der Waals surface area contributed by atoms with E-state index in [2.05, 4.69) is 14.5 Å². The minimum Gasteiger partial charge on any atom is -0.600 e. The van der Waals surface area contributed by atoms with Crippen molar-refractivity contribution in [2.45, 2.75) is 24.8 Å². The first kappa shape index (κ1) is 22.5. The summed E-state index contributed by atoms with van der Waals surface area (Å²) >= 11 is 5.95. The molecule has 0 bridgehead atoms. The number of carbonyl (C=O) groups is 1. The molecule has 29 heavy (non-hydrogen) atoms. The van der Waals surface area contributed by atoms with Gasteiger partial charge in [-0.15, -0.1) is 4.40 Å². The van der Waals surface area contributed by atoms with Crippen LogP contribution in [-0.2, 0) is 14.8 Å². The molecule has 156 valence electrons. The Balaban J connectivity index is 2.31. The van der Waals surface area contributed by atoms with Gasteiger partial charge in [-0.1, -0.05) is 36.7 Å². The molecule has 10 heteroatoms. The Morgan fingerprint density at radius 1 is 1.28 bits per heavy atom. The van der Waals surface area contributed by atoms with E-state index < -0.39 is 33.0 Å². The summed E-state index contributed by atoms with van der Waals surface area (Å²) in [6.07, 6.45) is -1.26. The average Bonchev–Trinajstić information content (AvgIpc) is 2.67. The molecule has 0 heterocycles. The molecular formula is C19H20ClN2O6S-. The highest BCUT2D eigenvalue weighted by Gasteiger charge is 2.21. The van der Waals surface area contributed by atoms with E-state index in [-0.39, 0.29) is 17.2 Å². The fourth-order valence-corrected chi connectivity index (χ4v) is 3.87. The van der Waals surface area contributed by atoms with E-state index in [0.29, 0.717) is 5.75 Å². The summed E-state index contributed by atoms with van der Waals surface area (Å²) in [7, 11) is -2.92. The Morgan fingerprint density at radius 3 is 2.62 bits per heavy atom. The molecule has 1 atom stereocenters. The fraction of sp³-hybridized carbons (Fsp3) is 0.263. The van der Waals surface area contributed by atoms with Gasteiger partial charge >= 0.3 is 0 Å². The number of nitrogens with one attached hydrogen (secondary N) is 1. The second-order valence-electron chi connectivity index (χ2n) is 5.85. The van der Waals surface area contributed by atoms with Crippen molar-refractivity contribution in [3.63, 3.8) is 0 Å². The number of para-hydroxylation sites is 1. The predicted molar refractivity (Wildman–Crippen MR) is 107 cm³/mol. The molecule has 0 aliphatic rings. The zero-order valence-electron chi connectivity index (χ0n) is 16.0. The van der Waals surface area contributed by atoms with Crippen molar-refractivity contribution in [3.8, 4) is 5.75 Å². The Hall–Kier alpha value is -2.78. The van der Waals surface area contributed by atoms with Gasteiger partial charge in [0.1, 0.15) is 10.6 Å². The Labute approximate surface area is 174 Å². The molecule has 0 spiro atoms. The molecule has 1 amide bonds. The van der Waals surface area contributed by atoms with Crippen molar-refractivity contribution in [1.82, 2.24) is 5.32 Å². The van der Waals surface area contributed by atoms with Crippen LogP contribution < -0.4 is 15.2 Å². The zero-order chi connectivity index (χ0) is 21.6. The number of benzene rings is 2. The third-order valence-corrected chi connectivity index (χ3v) is 5.61. The Morgan fingerprint density at radius 2 is 1.97 bits per heavy atom. The minimum absolute atomic E-state index is 0.0329. The monoisotopic (exact) mass is 439 g/mol. The van der Waals surface area contributed by atoms with Gasteiger partial charge in [0.2, 0.25) is 0 Å². The number of sulfonamides is 1. The maximum absolute atomic E-state index is 12.6. The van der Waals surface area contributed by atoms with Crippen molar-refractivity contribution >= 4 is 33.6 Å².